The molecule has 0 saturated carbocycles. The van der Waals surface area contributed by atoms with Gasteiger partial charge in [0, 0.05) is 43.2 Å². The largest absolute Gasteiger partial charge is 0.376 e. The summed E-state index contributed by atoms with van der Waals surface area (Å²) in [6.07, 6.45) is 4.04. The first-order valence-electron chi connectivity index (χ1n) is 16.3. The van der Waals surface area contributed by atoms with Gasteiger partial charge in [-0.15, -0.1) is 0 Å². The fourth-order valence-electron chi connectivity index (χ4n) is 6.74. The van der Waals surface area contributed by atoms with Crippen molar-refractivity contribution in [2.45, 2.75) is 103 Å². The Kier molecular flexibility index (Phi) is 9.13. The van der Waals surface area contributed by atoms with E-state index in [9.17, 15) is 13.2 Å². The van der Waals surface area contributed by atoms with Crippen molar-refractivity contribution in [1.29, 1.82) is 0 Å². The third-order valence-corrected chi connectivity index (χ3v) is 12.4. The van der Waals surface area contributed by atoms with E-state index in [1.165, 1.54) is 0 Å². The minimum absolute atomic E-state index is 0.00782. The number of hydrogen-bond acceptors (Lipinski definition) is 9. The van der Waals surface area contributed by atoms with Gasteiger partial charge < -0.3 is 14.5 Å². The molecule has 1 spiro atoms. The Morgan fingerprint density at radius 1 is 1.06 bits per heavy atom. The van der Waals surface area contributed by atoms with Crippen LogP contribution in [0.1, 0.15) is 79.5 Å². The van der Waals surface area contributed by atoms with E-state index >= 15 is 0 Å². The van der Waals surface area contributed by atoms with Gasteiger partial charge in [0.2, 0.25) is 5.91 Å². The maximum atomic E-state index is 13.1. The summed E-state index contributed by atoms with van der Waals surface area (Å²) in [5, 5.41) is 4.71. The molecule has 4 atom stereocenters. The fraction of sp³-hybridized carbons (Fsp3) is 0.636. The van der Waals surface area contributed by atoms with Gasteiger partial charge in [-0.3, -0.25) is 8.98 Å². The highest BCUT2D eigenvalue weighted by Gasteiger charge is 2.51. The van der Waals surface area contributed by atoms with Crippen LogP contribution in [0.2, 0.25) is 0 Å². The third kappa shape index (κ3) is 6.51. The monoisotopic (exact) mass is 685 g/mol. The van der Waals surface area contributed by atoms with E-state index in [0.29, 0.717) is 48.9 Å². The lowest BCUT2D eigenvalue weighted by atomic mass is 9.73. The van der Waals surface area contributed by atoms with Crippen LogP contribution in [-0.4, -0.2) is 82.0 Å². The summed E-state index contributed by atoms with van der Waals surface area (Å²) in [6.45, 7) is 17.9. The average Bonchev–Trinajstić information content (AvgIpc) is 3.71. The first-order chi connectivity index (χ1) is 22.1. The molecule has 2 unspecified atom stereocenters. The highest BCUT2D eigenvalue weighted by molar-refractivity contribution is 7.84. The predicted octanol–water partition coefficient (Wildman–Crippen LogP) is 4.13. The van der Waals surface area contributed by atoms with Gasteiger partial charge in [-0.05, 0) is 79.9 Å². The van der Waals surface area contributed by atoms with E-state index in [0.717, 1.165) is 36.2 Å². The number of anilines is 2. The number of aromatic nitrogens is 4. The molecule has 1 amide bonds. The number of nitrogens with one attached hydrogen (secondary N) is 1. The van der Waals surface area contributed by atoms with Gasteiger partial charge in [-0.2, -0.15) is 5.10 Å². The minimum Gasteiger partial charge on any atom is -0.376 e. The number of amides is 1. The molecule has 3 aliphatic heterocycles. The van der Waals surface area contributed by atoms with E-state index < -0.39 is 26.8 Å². The second-order valence-corrected chi connectivity index (χ2v) is 18.8. The molecule has 256 valence electrons. The molecule has 2 aromatic heterocycles. The molecule has 47 heavy (non-hydrogen) atoms. The van der Waals surface area contributed by atoms with Crippen molar-refractivity contribution in [1.82, 2.24) is 24.5 Å². The zero-order valence-electron chi connectivity index (χ0n) is 28.7. The molecule has 6 rings (SSSR count). The molecule has 2 fully saturated rings. The Morgan fingerprint density at radius 3 is 2.43 bits per heavy atom. The van der Waals surface area contributed by atoms with Gasteiger partial charge in [-0.25, -0.2) is 27.8 Å². The van der Waals surface area contributed by atoms with Crippen molar-refractivity contribution in [3.8, 4) is 5.69 Å². The summed E-state index contributed by atoms with van der Waals surface area (Å²) in [5.41, 5.74) is 4.43. The molecule has 3 aromatic rings. The van der Waals surface area contributed by atoms with Crippen molar-refractivity contribution in [3.63, 3.8) is 0 Å². The number of piperidine rings is 1. The fourth-order valence-corrected chi connectivity index (χ4v) is 8.34. The van der Waals surface area contributed by atoms with Gasteiger partial charge in [0.05, 0.1) is 51.1 Å². The Hall–Kier alpha value is -2.78. The SMILES string of the molecule is CC(=O)N1CCc2c1cccc2-n1ncc2nc(N3CCC4(CC3)CO[C@@H](C)[C@H]4NS(=O)C(C)(C)C)c(COS(=O)C(C)(C)C)nc21. The number of ether oxygens (including phenoxy) is 1. The van der Waals surface area contributed by atoms with E-state index in [4.69, 9.17) is 24.0 Å². The van der Waals surface area contributed by atoms with Crippen molar-refractivity contribution in [2.24, 2.45) is 5.41 Å². The summed E-state index contributed by atoms with van der Waals surface area (Å²) in [7, 11) is -1.21. The molecule has 0 bridgehead atoms. The highest BCUT2D eigenvalue weighted by Crippen LogP contribution is 2.44. The molecule has 3 aliphatic rings. The van der Waals surface area contributed by atoms with Crippen molar-refractivity contribution in [3.05, 3.63) is 35.7 Å². The number of hydrogen-bond donors (Lipinski definition) is 1. The summed E-state index contributed by atoms with van der Waals surface area (Å²) >= 11 is -1.55. The number of nitrogens with zero attached hydrogens (tertiary/aromatic N) is 6. The lowest BCUT2D eigenvalue weighted by Gasteiger charge is -2.43. The van der Waals surface area contributed by atoms with E-state index in [2.05, 4.69) is 16.5 Å². The number of carbonyl (C=O) groups excluding carboxylic acids is 1. The number of carbonyl (C=O) groups is 1. The third-order valence-electron chi connectivity index (χ3n) is 9.48. The molecule has 1 aromatic carbocycles. The minimum atomic E-state index is -1.55. The Morgan fingerprint density at radius 2 is 1.77 bits per heavy atom. The van der Waals surface area contributed by atoms with Crippen LogP contribution in [0.4, 0.5) is 11.5 Å². The van der Waals surface area contributed by atoms with Crippen LogP contribution >= 0.6 is 0 Å². The topological polar surface area (TPSA) is 132 Å². The van der Waals surface area contributed by atoms with Gasteiger partial charge in [0.15, 0.2) is 22.5 Å². The van der Waals surface area contributed by atoms with Gasteiger partial charge >= 0.3 is 0 Å². The Labute approximate surface area is 282 Å². The molecule has 5 heterocycles. The zero-order valence-corrected chi connectivity index (χ0v) is 30.3. The molecule has 0 aliphatic carbocycles. The van der Waals surface area contributed by atoms with E-state index in [1.54, 1.807) is 22.7 Å². The van der Waals surface area contributed by atoms with E-state index in [-0.39, 0.29) is 34.8 Å². The maximum Gasteiger partial charge on any atom is 0.223 e. The quantitative estimate of drug-likeness (QED) is 0.390. The van der Waals surface area contributed by atoms with Crippen molar-refractivity contribution >= 4 is 50.6 Å². The van der Waals surface area contributed by atoms with E-state index in [1.807, 2.05) is 59.7 Å². The summed E-state index contributed by atoms with van der Waals surface area (Å²) in [5.74, 6) is 0.696. The van der Waals surface area contributed by atoms with Crippen LogP contribution in [-0.2, 0) is 48.8 Å². The smallest absolute Gasteiger partial charge is 0.223 e. The van der Waals surface area contributed by atoms with Crippen LogP contribution in [0.15, 0.2) is 24.4 Å². The molecule has 1 N–H and O–H groups in total. The standard InChI is InChI=1S/C33H47N7O5S2/c1-21-28(37-46(42)31(3,4)5)33(20-44-21)13-16-38(17-14-33)29-25(19-45-47(43)32(6,7)8)36-30-24(35-29)18-34-40(30)27-11-9-10-26-23(27)12-15-39(26)22(2)41/h9-11,18,21,28,37H,12-17,19-20H2,1-8H3/t21-,28+,46?,47?/m0/s1. The van der Waals surface area contributed by atoms with Crippen molar-refractivity contribution < 1.29 is 22.1 Å². The normalized spacial score (nSPS) is 22.6. The Bertz CT molecular complexity index is 1720. The van der Waals surface area contributed by atoms with Crippen LogP contribution in [0.25, 0.3) is 16.9 Å². The Balaban J connectivity index is 1.33. The van der Waals surface area contributed by atoms with Crippen LogP contribution < -0.4 is 14.5 Å². The summed E-state index contributed by atoms with van der Waals surface area (Å²) in [6, 6.07) is 5.85. The van der Waals surface area contributed by atoms with Crippen molar-refractivity contribution in [2.75, 3.05) is 36.0 Å². The van der Waals surface area contributed by atoms with Gasteiger partial charge in [-0.1, -0.05) is 6.07 Å². The van der Waals surface area contributed by atoms with Gasteiger partial charge in [0.25, 0.3) is 0 Å². The first kappa shape index (κ1) is 34.1. The lowest BCUT2D eigenvalue weighted by molar-refractivity contribution is -0.116. The first-order valence-corrected chi connectivity index (χ1v) is 18.6. The molecular formula is C33H47N7O5S2. The highest BCUT2D eigenvalue weighted by atomic mass is 32.2. The number of benzene rings is 1. The second kappa shape index (κ2) is 12.6. The lowest BCUT2D eigenvalue weighted by Crippen LogP contribution is -2.55. The number of rotatable bonds is 7. The average molecular weight is 686 g/mol. The molecule has 0 radical (unpaired) electrons. The molecular weight excluding hydrogens is 639 g/mol. The molecule has 14 heteroatoms. The molecule has 2 saturated heterocycles. The van der Waals surface area contributed by atoms with Crippen LogP contribution in [0, 0.1) is 5.41 Å². The predicted molar refractivity (Wildman–Crippen MR) is 185 cm³/mol. The summed E-state index contributed by atoms with van der Waals surface area (Å²) < 4.78 is 42.4. The molecule has 12 nitrogen and oxygen atoms in total. The number of fused-ring (bicyclic) bond motifs is 2. The van der Waals surface area contributed by atoms with Gasteiger partial charge in [0.1, 0.15) is 17.8 Å². The summed E-state index contributed by atoms with van der Waals surface area (Å²) in [4.78, 5) is 26.4. The maximum absolute atomic E-state index is 13.1. The van der Waals surface area contributed by atoms with Crippen LogP contribution in [0.5, 0.6) is 0 Å². The second-order valence-electron chi connectivity index (χ2n) is 14.9. The van der Waals surface area contributed by atoms with Crippen LogP contribution in [0.3, 0.4) is 0 Å². The zero-order chi connectivity index (χ0) is 33.9.